The highest BCUT2D eigenvalue weighted by molar-refractivity contribution is 5.71. The van der Waals surface area contributed by atoms with Crippen molar-refractivity contribution in [2.45, 2.75) is 336 Å². The van der Waals surface area contributed by atoms with Gasteiger partial charge in [-0.2, -0.15) is 0 Å². The molecule has 0 aliphatic rings. The van der Waals surface area contributed by atoms with Crippen molar-refractivity contribution >= 4 is 17.9 Å². The molecule has 0 fully saturated rings. The molecule has 0 spiro atoms. The Bertz CT molecular complexity index is 966. The van der Waals surface area contributed by atoms with Crippen LogP contribution in [0.3, 0.4) is 0 Å². The minimum atomic E-state index is -0.761. The molecule has 0 radical (unpaired) electrons. The van der Waals surface area contributed by atoms with Crippen molar-refractivity contribution in [3.8, 4) is 0 Å². The first kappa shape index (κ1) is 62.4. The van der Waals surface area contributed by atoms with E-state index < -0.39 is 6.10 Å². The maximum atomic E-state index is 12.8. The minimum absolute atomic E-state index is 0.0618. The molecule has 6 heteroatoms. The lowest BCUT2D eigenvalue weighted by atomic mass is 9.99. The largest absolute Gasteiger partial charge is 0.462 e. The van der Waals surface area contributed by atoms with Crippen molar-refractivity contribution in [2.24, 2.45) is 5.92 Å². The van der Waals surface area contributed by atoms with Gasteiger partial charge in [0.15, 0.2) is 6.10 Å². The predicted molar refractivity (Wildman–Crippen MR) is 275 cm³/mol. The molecule has 0 aromatic rings. The van der Waals surface area contributed by atoms with Crippen LogP contribution in [0.25, 0.3) is 0 Å². The summed E-state index contributed by atoms with van der Waals surface area (Å²) in [6.07, 6.45) is 56.5. The van der Waals surface area contributed by atoms with Crippen LogP contribution in [0, 0.1) is 5.92 Å². The monoisotopic (exact) mass is 905 g/mol. The van der Waals surface area contributed by atoms with E-state index in [1.807, 2.05) is 0 Å². The van der Waals surface area contributed by atoms with Gasteiger partial charge < -0.3 is 14.2 Å². The third-order valence-electron chi connectivity index (χ3n) is 13.7. The molecule has 0 saturated carbocycles. The van der Waals surface area contributed by atoms with Crippen LogP contribution < -0.4 is 0 Å². The van der Waals surface area contributed by atoms with Gasteiger partial charge in [0.2, 0.25) is 0 Å². The van der Waals surface area contributed by atoms with E-state index in [-0.39, 0.29) is 31.1 Å². The summed E-state index contributed by atoms with van der Waals surface area (Å²) < 4.78 is 16.9. The minimum Gasteiger partial charge on any atom is -0.462 e. The van der Waals surface area contributed by atoms with E-state index >= 15 is 0 Å². The number of esters is 3. The van der Waals surface area contributed by atoms with E-state index in [9.17, 15) is 14.4 Å². The van der Waals surface area contributed by atoms with Gasteiger partial charge in [-0.05, 0) is 25.2 Å². The zero-order chi connectivity index (χ0) is 46.7. The highest BCUT2D eigenvalue weighted by Crippen LogP contribution is 2.18. The number of ether oxygens (including phenoxy) is 3. The Kier molecular flexibility index (Phi) is 51.1. The van der Waals surface area contributed by atoms with Gasteiger partial charge in [-0.3, -0.25) is 14.4 Å². The quantitative estimate of drug-likeness (QED) is 0.0344. The highest BCUT2D eigenvalue weighted by atomic mass is 16.6. The second-order valence-corrected chi connectivity index (χ2v) is 20.2. The molecular weight excluding hydrogens is 793 g/mol. The van der Waals surface area contributed by atoms with Gasteiger partial charge in [0.05, 0.1) is 0 Å². The topological polar surface area (TPSA) is 78.9 Å². The predicted octanol–water partition coefficient (Wildman–Crippen LogP) is 19.0. The summed E-state index contributed by atoms with van der Waals surface area (Å²) in [5.41, 5.74) is 0. The Morgan fingerprint density at radius 2 is 0.547 bits per heavy atom. The molecule has 1 unspecified atom stereocenters. The fraction of sp³-hybridized carbons (Fsp3) is 0.948. The number of rotatable bonds is 53. The summed E-state index contributed by atoms with van der Waals surface area (Å²) in [6, 6.07) is 0. The summed E-state index contributed by atoms with van der Waals surface area (Å²) in [7, 11) is 0. The molecule has 0 saturated heterocycles. The van der Waals surface area contributed by atoms with Gasteiger partial charge in [-0.25, -0.2) is 0 Å². The van der Waals surface area contributed by atoms with Gasteiger partial charge in [-0.15, -0.1) is 0 Å². The first-order chi connectivity index (χ1) is 31.4. The van der Waals surface area contributed by atoms with Gasteiger partial charge in [-0.1, -0.05) is 291 Å². The molecule has 0 N–H and O–H groups in total. The molecular formula is C58H112O6. The van der Waals surface area contributed by atoms with Crippen molar-refractivity contribution in [1.29, 1.82) is 0 Å². The van der Waals surface area contributed by atoms with Gasteiger partial charge in [0.25, 0.3) is 0 Å². The first-order valence-electron chi connectivity index (χ1n) is 28.9. The zero-order valence-corrected chi connectivity index (χ0v) is 43.8. The average Bonchev–Trinajstić information content (AvgIpc) is 3.29. The van der Waals surface area contributed by atoms with E-state index in [4.69, 9.17) is 14.2 Å². The molecule has 0 heterocycles. The molecule has 0 aliphatic carbocycles. The average molecular weight is 906 g/mol. The van der Waals surface area contributed by atoms with Crippen LogP contribution in [0.2, 0.25) is 0 Å². The number of carbonyl (C=O) groups excluding carboxylic acids is 3. The number of hydrogen-bond acceptors (Lipinski definition) is 6. The first-order valence-corrected chi connectivity index (χ1v) is 28.9. The molecule has 0 amide bonds. The molecule has 380 valence electrons. The molecule has 0 bridgehead atoms. The summed E-state index contributed by atoms with van der Waals surface area (Å²) in [5, 5.41) is 0. The van der Waals surface area contributed by atoms with Crippen LogP contribution in [-0.2, 0) is 28.6 Å². The van der Waals surface area contributed by atoms with E-state index in [2.05, 4.69) is 27.7 Å². The summed E-state index contributed by atoms with van der Waals surface area (Å²) >= 11 is 0. The standard InChI is InChI=1S/C58H112O6/c1-5-8-10-12-14-16-18-20-21-26-29-33-37-41-45-49-56(59)62-52-55(64-58(61)51-47-43-39-35-31-24-19-17-15-13-11-9-6-2)53-63-57(60)50-46-42-38-34-30-27-23-22-25-28-32-36-40-44-48-54(4)7-3/h54-55H,5-53H2,1-4H3/t54?,55-/m1/s1. The third kappa shape index (κ3) is 49.8. The van der Waals surface area contributed by atoms with Crippen LogP contribution in [0.4, 0.5) is 0 Å². The summed E-state index contributed by atoms with van der Waals surface area (Å²) in [4.78, 5) is 38.1. The maximum absolute atomic E-state index is 12.8. The molecule has 0 aromatic heterocycles. The normalized spacial score (nSPS) is 12.4. The number of hydrogen-bond donors (Lipinski definition) is 0. The second-order valence-electron chi connectivity index (χ2n) is 20.2. The van der Waals surface area contributed by atoms with Gasteiger partial charge in [0, 0.05) is 19.3 Å². The molecule has 0 rings (SSSR count). The van der Waals surface area contributed by atoms with Crippen molar-refractivity contribution in [3.05, 3.63) is 0 Å². The zero-order valence-electron chi connectivity index (χ0n) is 43.8. The summed E-state index contributed by atoms with van der Waals surface area (Å²) in [6.45, 7) is 9.10. The second kappa shape index (κ2) is 52.4. The van der Waals surface area contributed by atoms with Crippen LogP contribution in [0.15, 0.2) is 0 Å². The van der Waals surface area contributed by atoms with E-state index in [0.29, 0.717) is 19.3 Å². The van der Waals surface area contributed by atoms with Crippen LogP contribution in [-0.4, -0.2) is 37.2 Å². The van der Waals surface area contributed by atoms with Crippen LogP contribution in [0.5, 0.6) is 0 Å². The smallest absolute Gasteiger partial charge is 0.306 e. The van der Waals surface area contributed by atoms with E-state index in [0.717, 1.165) is 63.7 Å². The van der Waals surface area contributed by atoms with Gasteiger partial charge in [0.1, 0.15) is 13.2 Å². The third-order valence-corrected chi connectivity index (χ3v) is 13.7. The Hall–Kier alpha value is -1.59. The van der Waals surface area contributed by atoms with Crippen molar-refractivity contribution in [3.63, 3.8) is 0 Å². The van der Waals surface area contributed by atoms with Crippen LogP contribution in [0.1, 0.15) is 329 Å². The molecule has 64 heavy (non-hydrogen) atoms. The van der Waals surface area contributed by atoms with Crippen molar-refractivity contribution < 1.29 is 28.6 Å². The molecule has 0 aromatic carbocycles. The SMILES string of the molecule is CCCCCCCCCCCCCCCCCC(=O)OC[C@H](COC(=O)CCCCCCCCCCCCCCCCC(C)CC)OC(=O)CCCCCCCCCCCCCCC. The molecule has 2 atom stereocenters. The molecule has 0 aliphatic heterocycles. The lowest BCUT2D eigenvalue weighted by Crippen LogP contribution is -2.30. The summed E-state index contributed by atoms with van der Waals surface area (Å²) in [5.74, 6) is 0.0607. The number of carbonyl (C=O) groups is 3. The maximum Gasteiger partial charge on any atom is 0.306 e. The van der Waals surface area contributed by atoms with Gasteiger partial charge >= 0.3 is 17.9 Å². The Labute approximate surface area is 399 Å². The Morgan fingerprint density at radius 3 is 0.812 bits per heavy atom. The Balaban J connectivity index is 4.28. The Morgan fingerprint density at radius 1 is 0.312 bits per heavy atom. The van der Waals surface area contributed by atoms with Crippen molar-refractivity contribution in [2.75, 3.05) is 13.2 Å². The fourth-order valence-electron chi connectivity index (χ4n) is 8.89. The lowest BCUT2D eigenvalue weighted by Gasteiger charge is -2.18. The lowest BCUT2D eigenvalue weighted by molar-refractivity contribution is -0.167. The molecule has 6 nitrogen and oxygen atoms in total. The van der Waals surface area contributed by atoms with Crippen LogP contribution >= 0.6 is 0 Å². The highest BCUT2D eigenvalue weighted by Gasteiger charge is 2.19. The van der Waals surface area contributed by atoms with E-state index in [1.54, 1.807) is 0 Å². The number of unbranched alkanes of at least 4 members (excludes halogenated alkanes) is 39. The van der Waals surface area contributed by atoms with Crippen molar-refractivity contribution in [1.82, 2.24) is 0 Å². The van der Waals surface area contributed by atoms with E-state index in [1.165, 1.54) is 225 Å². The fourth-order valence-corrected chi connectivity index (χ4v) is 8.89.